The van der Waals surface area contributed by atoms with E-state index in [-0.39, 0.29) is 5.41 Å². The molecule has 0 unspecified atom stereocenters. The Morgan fingerprint density at radius 1 is 1.45 bits per heavy atom. The number of aromatic nitrogens is 1. The lowest BCUT2D eigenvalue weighted by Gasteiger charge is -2.14. The van der Waals surface area contributed by atoms with Gasteiger partial charge in [-0.05, 0) is 12.3 Å². The van der Waals surface area contributed by atoms with Crippen LogP contribution in [-0.4, -0.2) is 4.98 Å². The number of aryl methyl sites for hydroxylation is 1. The molecule has 0 aromatic carbocycles. The molecule has 1 aromatic rings. The van der Waals surface area contributed by atoms with Crippen LogP contribution in [0.4, 0.5) is 0 Å². The topological polar surface area (TPSA) is 26.0 Å². The molecule has 0 aliphatic rings. The van der Waals surface area contributed by atoms with Crippen molar-refractivity contribution in [1.29, 1.82) is 0 Å². The third kappa shape index (κ3) is 2.74. The highest BCUT2D eigenvalue weighted by molar-refractivity contribution is 4.92. The van der Waals surface area contributed by atoms with Crippen LogP contribution in [0.2, 0.25) is 0 Å². The Bertz CT molecular complexity index is 232. The Balaban J connectivity index is 2.65. The summed E-state index contributed by atoms with van der Waals surface area (Å²) in [7, 11) is 0. The first-order valence-electron chi connectivity index (χ1n) is 3.89. The van der Waals surface area contributed by atoms with Crippen molar-refractivity contribution < 1.29 is 4.42 Å². The number of nitrogens with zero attached hydrogens (tertiary/aromatic N) is 1. The van der Waals surface area contributed by atoms with Gasteiger partial charge in [-0.1, -0.05) is 20.8 Å². The maximum atomic E-state index is 5.35. The van der Waals surface area contributed by atoms with Crippen LogP contribution in [-0.2, 0) is 6.42 Å². The van der Waals surface area contributed by atoms with Crippen molar-refractivity contribution in [3.8, 4) is 0 Å². The first-order valence-corrected chi connectivity index (χ1v) is 3.89. The van der Waals surface area contributed by atoms with E-state index in [2.05, 4.69) is 25.8 Å². The summed E-state index contributed by atoms with van der Waals surface area (Å²) in [5.41, 5.74) is 0.261. The highest BCUT2D eigenvalue weighted by Crippen LogP contribution is 2.19. The van der Waals surface area contributed by atoms with Gasteiger partial charge in [0.15, 0.2) is 5.89 Å². The lowest BCUT2D eigenvalue weighted by molar-refractivity contribution is 0.349. The lowest BCUT2D eigenvalue weighted by Crippen LogP contribution is -2.09. The molecule has 2 nitrogen and oxygen atoms in total. The Labute approximate surface area is 67.6 Å². The van der Waals surface area contributed by atoms with Crippen LogP contribution in [0.1, 0.15) is 32.4 Å². The SMILES string of the molecule is Cc1cnc(CC(C)(C)C)o1. The fraction of sp³-hybridized carbons (Fsp3) is 0.667. The zero-order chi connectivity index (χ0) is 8.48. The van der Waals surface area contributed by atoms with E-state index >= 15 is 0 Å². The summed E-state index contributed by atoms with van der Waals surface area (Å²) in [5, 5.41) is 0. The minimum Gasteiger partial charge on any atom is -0.446 e. The maximum Gasteiger partial charge on any atom is 0.194 e. The summed E-state index contributed by atoms with van der Waals surface area (Å²) >= 11 is 0. The van der Waals surface area contributed by atoms with Crippen molar-refractivity contribution >= 4 is 0 Å². The second-order valence-electron chi connectivity index (χ2n) is 4.10. The molecule has 0 saturated heterocycles. The van der Waals surface area contributed by atoms with Gasteiger partial charge in [-0.15, -0.1) is 0 Å². The lowest BCUT2D eigenvalue weighted by atomic mass is 9.92. The molecule has 0 aliphatic heterocycles. The molecule has 0 amide bonds. The summed E-state index contributed by atoms with van der Waals surface area (Å²) in [6.07, 6.45) is 2.67. The smallest absolute Gasteiger partial charge is 0.194 e. The van der Waals surface area contributed by atoms with Crippen LogP contribution in [0.5, 0.6) is 0 Å². The van der Waals surface area contributed by atoms with Gasteiger partial charge >= 0.3 is 0 Å². The zero-order valence-corrected chi connectivity index (χ0v) is 7.64. The van der Waals surface area contributed by atoms with Gasteiger partial charge in [0.2, 0.25) is 0 Å². The quantitative estimate of drug-likeness (QED) is 0.619. The summed E-state index contributed by atoms with van der Waals surface area (Å²) in [5.74, 6) is 1.74. The van der Waals surface area contributed by atoms with E-state index in [1.807, 2.05) is 6.92 Å². The minimum atomic E-state index is 0.261. The number of hydrogen-bond donors (Lipinski definition) is 0. The number of oxazole rings is 1. The van der Waals surface area contributed by atoms with Crippen molar-refractivity contribution in [1.82, 2.24) is 4.98 Å². The van der Waals surface area contributed by atoms with Gasteiger partial charge < -0.3 is 4.42 Å². The van der Waals surface area contributed by atoms with E-state index in [0.717, 1.165) is 18.1 Å². The van der Waals surface area contributed by atoms with Gasteiger partial charge in [-0.3, -0.25) is 0 Å². The molecule has 62 valence electrons. The van der Waals surface area contributed by atoms with Crippen molar-refractivity contribution in [2.24, 2.45) is 5.41 Å². The largest absolute Gasteiger partial charge is 0.446 e. The normalized spacial score (nSPS) is 12.0. The molecule has 11 heavy (non-hydrogen) atoms. The van der Waals surface area contributed by atoms with E-state index in [0.29, 0.717) is 0 Å². The molecular weight excluding hydrogens is 138 g/mol. The summed E-state index contributed by atoms with van der Waals surface area (Å²) < 4.78 is 5.35. The molecule has 0 fully saturated rings. The standard InChI is InChI=1S/C9H15NO/c1-7-6-10-8(11-7)5-9(2,3)4/h6H,5H2,1-4H3. The Hall–Kier alpha value is -0.790. The van der Waals surface area contributed by atoms with E-state index < -0.39 is 0 Å². The number of hydrogen-bond acceptors (Lipinski definition) is 2. The second-order valence-corrected chi connectivity index (χ2v) is 4.10. The maximum absolute atomic E-state index is 5.35. The van der Waals surface area contributed by atoms with Gasteiger partial charge in [-0.2, -0.15) is 0 Å². The summed E-state index contributed by atoms with van der Waals surface area (Å²) in [6, 6.07) is 0. The van der Waals surface area contributed by atoms with Crippen molar-refractivity contribution in [3.63, 3.8) is 0 Å². The van der Waals surface area contributed by atoms with Gasteiger partial charge in [-0.25, -0.2) is 4.98 Å². The van der Waals surface area contributed by atoms with E-state index in [1.165, 1.54) is 0 Å². The van der Waals surface area contributed by atoms with Gasteiger partial charge in [0, 0.05) is 6.42 Å². The molecule has 0 bridgehead atoms. The zero-order valence-electron chi connectivity index (χ0n) is 7.64. The molecule has 2 heteroatoms. The van der Waals surface area contributed by atoms with Crippen molar-refractivity contribution in [3.05, 3.63) is 17.8 Å². The molecule has 0 N–H and O–H groups in total. The van der Waals surface area contributed by atoms with Crippen LogP contribution in [0, 0.1) is 12.3 Å². The summed E-state index contributed by atoms with van der Waals surface area (Å²) in [4.78, 5) is 4.13. The molecular formula is C9H15NO. The van der Waals surface area contributed by atoms with Gasteiger partial charge in [0.25, 0.3) is 0 Å². The van der Waals surface area contributed by atoms with Crippen LogP contribution in [0.15, 0.2) is 10.6 Å². The third-order valence-corrected chi connectivity index (χ3v) is 1.35. The second kappa shape index (κ2) is 2.68. The molecule has 0 aliphatic carbocycles. The fourth-order valence-electron chi connectivity index (χ4n) is 0.937. The van der Waals surface area contributed by atoms with E-state index in [4.69, 9.17) is 4.42 Å². The molecule has 1 rings (SSSR count). The predicted molar refractivity (Wildman–Crippen MR) is 44.4 cm³/mol. The molecule has 1 heterocycles. The molecule has 1 aromatic heterocycles. The van der Waals surface area contributed by atoms with Gasteiger partial charge in [0.1, 0.15) is 5.76 Å². The number of rotatable bonds is 1. The van der Waals surface area contributed by atoms with Crippen molar-refractivity contribution in [2.75, 3.05) is 0 Å². The van der Waals surface area contributed by atoms with Crippen molar-refractivity contribution in [2.45, 2.75) is 34.1 Å². The van der Waals surface area contributed by atoms with Crippen LogP contribution >= 0.6 is 0 Å². The monoisotopic (exact) mass is 153 g/mol. The first-order chi connectivity index (χ1) is 4.97. The van der Waals surface area contributed by atoms with Crippen LogP contribution in [0.3, 0.4) is 0 Å². The van der Waals surface area contributed by atoms with Gasteiger partial charge in [0.05, 0.1) is 6.20 Å². The Morgan fingerprint density at radius 2 is 2.09 bits per heavy atom. The molecule has 0 saturated carbocycles. The highest BCUT2D eigenvalue weighted by Gasteiger charge is 2.14. The first kappa shape index (κ1) is 8.31. The van der Waals surface area contributed by atoms with Crippen LogP contribution in [0.25, 0.3) is 0 Å². The molecule has 0 atom stereocenters. The Morgan fingerprint density at radius 3 is 2.45 bits per heavy atom. The summed E-state index contributed by atoms with van der Waals surface area (Å²) in [6.45, 7) is 8.44. The third-order valence-electron chi connectivity index (χ3n) is 1.35. The highest BCUT2D eigenvalue weighted by atomic mass is 16.4. The average Bonchev–Trinajstić information content (AvgIpc) is 2.10. The molecule has 0 spiro atoms. The van der Waals surface area contributed by atoms with E-state index in [9.17, 15) is 0 Å². The van der Waals surface area contributed by atoms with Crippen LogP contribution < -0.4 is 0 Å². The average molecular weight is 153 g/mol. The molecule has 0 radical (unpaired) electrons. The van der Waals surface area contributed by atoms with E-state index in [1.54, 1.807) is 6.20 Å². The minimum absolute atomic E-state index is 0.261. The Kier molecular flexibility index (Phi) is 2.03. The fourth-order valence-corrected chi connectivity index (χ4v) is 0.937. The predicted octanol–water partition coefficient (Wildman–Crippen LogP) is 2.57.